The molecule has 2 aromatic carbocycles. The van der Waals surface area contributed by atoms with Crippen LogP contribution in [0.1, 0.15) is 18.0 Å². The van der Waals surface area contributed by atoms with Crippen molar-refractivity contribution in [3.63, 3.8) is 0 Å². The topological polar surface area (TPSA) is 49.2 Å². The number of aliphatic hydroxyl groups is 1. The summed E-state index contributed by atoms with van der Waals surface area (Å²) in [5, 5.41) is 10.2. The average Bonchev–Trinajstić information content (AvgIpc) is 3.05. The smallest absolute Gasteiger partial charge is 0.161 e. The average molecular weight is 335 g/mol. The molecule has 0 spiro atoms. The zero-order valence-electron chi connectivity index (χ0n) is 13.6. The summed E-state index contributed by atoms with van der Waals surface area (Å²) in [6.07, 6.45) is 1.89. The number of rotatable bonds is 3. The third-order valence-electron chi connectivity index (χ3n) is 4.50. The van der Waals surface area contributed by atoms with E-state index >= 15 is 0 Å². The van der Waals surface area contributed by atoms with E-state index in [0.717, 1.165) is 16.9 Å². The second-order valence-corrected chi connectivity index (χ2v) is 6.21. The maximum atomic E-state index is 13.2. The van der Waals surface area contributed by atoms with Crippen molar-refractivity contribution in [2.75, 3.05) is 11.4 Å². The number of nitrogens with zero attached hydrogens (tertiary/aromatic N) is 3. The lowest BCUT2D eigenvalue weighted by atomic mass is 10.0. The van der Waals surface area contributed by atoms with E-state index in [9.17, 15) is 9.50 Å². The molecule has 4 nitrogen and oxygen atoms in total. The van der Waals surface area contributed by atoms with Crippen molar-refractivity contribution in [2.45, 2.75) is 18.6 Å². The SMILES string of the molecule is OC1CC(c2ccc(F)cc2)N(c2ccnc(-c3ccccc3)n2)C1. The van der Waals surface area contributed by atoms with E-state index in [4.69, 9.17) is 0 Å². The Morgan fingerprint density at radius 2 is 1.76 bits per heavy atom. The molecule has 0 aliphatic carbocycles. The second kappa shape index (κ2) is 6.61. The van der Waals surface area contributed by atoms with Gasteiger partial charge in [0, 0.05) is 18.3 Å². The summed E-state index contributed by atoms with van der Waals surface area (Å²) in [6.45, 7) is 0.493. The molecular formula is C20H18FN3O. The minimum atomic E-state index is -0.440. The quantitative estimate of drug-likeness (QED) is 0.795. The van der Waals surface area contributed by atoms with Gasteiger partial charge in [0.2, 0.25) is 0 Å². The predicted molar refractivity (Wildman–Crippen MR) is 94.6 cm³/mol. The lowest BCUT2D eigenvalue weighted by molar-refractivity contribution is 0.194. The Kier molecular flexibility index (Phi) is 4.15. The molecule has 0 bridgehead atoms. The van der Waals surface area contributed by atoms with Crippen LogP contribution >= 0.6 is 0 Å². The van der Waals surface area contributed by atoms with E-state index in [0.29, 0.717) is 18.8 Å². The fraction of sp³-hybridized carbons (Fsp3) is 0.200. The summed E-state index contributed by atoms with van der Waals surface area (Å²) in [4.78, 5) is 11.1. The maximum absolute atomic E-state index is 13.2. The number of β-amino-alcohol motifs (C(OH)–C–C–N with tert-alkyl or cyclic N) is 1. The third-order valence-corrected chi connectivity index (χ3v) is 4.50. The Balaban J connectivity index is 1.69. The Bertz CT molecular complexity index is 854. The normalized spacial score (nSPS) is 20.0. The van der Waals surface area contributed by atoms with Gasteiger partial charge < -0.3 is 10.0 Å². The fourth-order valence-electron chi connectivity index (χ4n) is 3.30. The molecule has 1 fully saturated rings. The first-order chi connectivity index (χ1) is 12.2. The number of halogens is 1. The maximum Gasteiger partial charge on any atom is 0.161 e. The monoisotopic (exact) mass is 335 g/mol. The van der Waals surface area contributed by atoms with Gasteiger partial charge in [0.05, 0.1) is 12.1 Å². The molecule has 0 radical (unpaired) electrons. The molecule has 1 aromatic heterocycles. The standard InChI is InChI=1S/C20H18FN3O/c21-16-8-6-14(7-9-16)18-12-17(25)13-24(18)19-10-11-22-20(23-19)15-4-2-1-3-5-15/h1-11,17-18,25H,12-13H2. The van der Waals surface area contributed by atoms with Gasteiger partial charge in [-0.05, 0) is 30.2 Å². The second-order valence-electron chi connectivity index (χ2n) is 6.21. The van der Waals surface area contributed by atoms with Gasteiger partial charge in [-0.2, -0.15) is 0 Å². The molecule has 1 saturated heterocycles. The van der Waals surface area contributed by atoms with Crippen LogP contribution in [0.15, 0.2) is 66.9 Å². The van der Waals surface area contributed by atoms with Crippen molar-refractivity contribution < 1.29 is 9.50 Å². The van der Waals surface area contributed by atoms with Crippen LogP contribution in [-0.2, 0) is 0 Å². The number of benzene rings is 2. The first kappa shape index (κ1) is 15.7. The number of aromatic nitrogens is 2. The molecule has 5 heteroatoms. The Hall–Kier alpha value is -2.79. The highest BCUT2D eigenvalue weighted by Gasteiger charge is 2.33. The molecule has 1 N–H and O–H groups in total. The van der Waals surface area contributed by atoms with E-state index in [-0.39, 0.29) is 11.9 Å². The van der Waals surface area contributed by atoms with Crippen LogP contribution in [0.25, 0.3) is 11.4 Å². The zero-order valence-corrected chi connectivity index (χ0v) is 13.6. The van der Waals surface area contributed by atoms with Crippen LogP contribution in [0.2, 0.25) is 0 Å². The van der Waals surface area contributed by atoms with E-state index in [1.165, 1.54) is 12.1 Å². The van der Waals surface area contributed by atoms with Crippen LogP contribution in [0.3, 0.4) is 0 Å². The van der Waals surface area contributed by atoms with Gasteiger partial charge in [0.15, 0.2) is 5.82 Å². The van der Waals surface area contributed by atoms with E-state index in [1.807, 2.05) is 36.4 Å². The van der Waals surface area contributed by atoms with Crippen molar-refractivity contribution in [2.24, 2.45) is 0 Å². The third kappa shape index (κ3) is 3.23. The Morgan fingerprint density at radius 1 is 1.00 bits per heavy atom. The Morgan fingerprint density at radius 3 is 2.52 bits per heavy atom. The van der Waals surface area contributed by atoms with Gasteiger partial charge in [0.25, 0.3) is 0 Å². The summed E-state index contributed by atoms with van der Waals surface area (Å²) in [5.74, 6) is 1.15. The van der Waals surface area contributed by atoms with Crippen LogP contribution in [-0.4, -0.2) is 27.7 Å². The first-order valence-corrected chi connectivity index (χ1v) is 8.29. The summed E-state index contributed by atoms with van der Waals surface area (Å²) in [6, 6.07) is 18.0. The molecule has 1 aliphatic rings. The van der Waals surface area contributed by atoms with Crippen molar-refractivity contribution in [3.05, 3.63) is 78.2 Å². The van der Waals surface area contributed by atoms with Crippen LogP contribution in [0.5, 0.6) is 0 Å². The van der Waals surface area contributed by atoms with Gasteiger partial charge in [-0.3, -0.25) is 0 Å². The Labute approximate surface area is 145 Å². The number of aliphatic hydroxyl groups excluding tert-OH is 1. The van der Waals surface area contributed by atoms with Crippen molar-refractivity contribution in [1.29, 1.82) is 0 Å². The van der Waals surface area contributed by atoms with Gasteiger partial charge in [0.1, 0.15) is 11.6 Å². The molecule has 3 aromatic rings. The first-order valence-electron chi connectivity index (χ1n) is 8.29. The summed E-state index contributed by atoms with van der Waals surface area (Å²) in [7, 11) is 0. The van der Waals surface area contributed by atoms with E-state index in [2.05, 4.69) is 14.9 Å². The van der Waals surface area contributed by atoms with Crippen LogP contribution in [0.4, 0.5) is 10.2 Å². The highest BCUT2D eigenvalue weighted by atomic mass is 19.1. The summed E-state index contributed by atoms with van der Waals surface area (Å²) in [5.41, 5.74) is 1.92. The molecule has 2 heterocycles. The highest BCUT2D eigenvalue weighted by molar-refractivity contribution is 5.57. The molecule has 25 heavy (non-hydrogen) atoms. The van der Waals surface area contributed by atoms with Crippen LogP contribution in [0, 0.1) is 5.82 Å². The largest absolute Gasteiger partial charge is 0.391 e. The zero-order chi connectivity index (χ0) is 17.2. The lowest BCUT2D eigenvalue weighted by Gasteiger charge is -2.26. The number of hydrogen-bond donors (Lipinski definition) is 1. The molecule has 2 unspecified atom stereocenters. The van der Waals surface area contributed by atoms with Crippen molar-refractivity contribution in [3.8, 4) is 11.4 Å². The van der Waals surface area contributed by atoms with Gasteiger partial charge in [-0.15, -0.1) is 0 Å². The van der Waals surface area contributed by atoms with Crippen molar-refractivity contribution >= 4 is 5.82 Å². The van der Waals surface area contributed by atoms with E-state index < -0.39 is 6.10 Å². The molecular weight excluding hydrogens is 317 g/mol. The summed E-state index contributed by atoms with van der Waals surface area (Å²) >= 11 is 0. The lowest BCUT2D eigenvalue weighted by Crippen LogP contribution is -2.25. The van der Waals surface area contributed by atoms with Gasteiger partial charge >= 0.3 is 0 Å². The minimum absolute atomic E-state index is 0.0332. The molecule has 0 saturated carbocycles. The van der Waals surface area contributed by atoms with Crippen LogP contribution < -0.4 is 4.90 Å². The van der Waals surface area contributed by atoms with E-state index in [1.54, 1.807) is 18.3 Å². The molecule has 0 amide bonds. The number of hydrogen-bond acceptors (Lipinski definition) is 4. The molecule has 4 rings (SSSR count). The molecule has 1 aliphatic heterocycles. The van der Waals surface area contributed by atoms with Crippen molar-refractivity contribution in [1.82, 2.24) is 9.97 Å². The molecule has 126 valence electrons. The predicted octanol–water partition coefficient (Wildman–Crippen LogP) is 3.60. The van der Waals surface area contributed by atoms with Gasteiger partial charge in [-0.1, -0.05) is 42.5 Å². The number of anilines is 1. The fourth-order valence-corrected chi connectivity index (χ4v) is 3.30. The molecule has 2 atom stereocenters. The minimum Gasteiger partial charge on any atom is -0.391 e. The summed E-state index contributed by atoms with van der Waals surface area (Å²) < 4.78 is 13.2. The highest BCUT2D eigenvalue weighted by Crippen LogP contribution is 2.35. The van der Waals surface area contributed by atoms with Gasteiger partial charge in [-0.25, -0.2) is 14.4 Å².